The molecular weight excluding hydrogens is 328 g/mol. The van der Waals surface area contributed by atoms with E-state index in [1.54, 1.807) is 23.3 Å². The van der Waals surface area contributed by atoms with Crippen LogP contribution in [0.2, 0.25) is 5.02 Å². The summed E-state index contributed by atoms with van der Waals surface area (Å²) in [5.74, 6) is 0.491. The largest absolute Gasteiger partial charge is 0.338 e. The van der Waals surface area contributed by atoms with Crippen LogP contribution in [0.3, 0.4) is 0 Å². The highest BCUT2D eigenvalue weighted by Gasteiger charge is 2.23. The van der Waals surface area contributed by atoms with E-state index in [9.17, 15) is 4.79 Å². The minimum absolute atomic E-state index is 0.0313. The molecule has 0 bridgehead atoms. The Kier molecular flexibility index (Phi) is 5.74. The average molecular weight is 351 g/mol. The van der Waals surface area contributed by atoms with Gasteiger partial charge in [-0.25, -0.2) is 9.78 Å². The van der Waals surface area contributed by atoms with Gasteiger partial charge in [0, 0.05) is 51.3 Å². The second-order valence-electron chi connectivity index (χ2n) is 6.22. The Morgan fingerprint density at radius 2 is 2.38 bits per heavy atom. The first-order valence-electron chi connectivity index (χ1n) is 8.37. The van der Waals surface area contributed by atoms with E-state index in [-0.39, 0.29) is 6.03 Å². The highest BCUT2D eigenvalue weighted by molar-refractivity contribution is 6.30. The molecule has 2 amide bonds. The highest BCUT2D eigenvalue weighted by Crippen LogP contribution is 2.18. The summed E-state index contributed by atoms with van der Waals surface area (Å²) in [6, 6.07) is 0.0313. The molecule has 1 aliphatic rings. The number of amides is 2. The first-order valence-corrected chi connectivity index (χ1v) is 8.75. The van der Waals surface area contributed by atoms with Crippen molar-refractivity contribution in [2.75, 3.05) is 19.6 Å². The second kappa shape index (κ2) is 8.19. The number of halogens is 1. The summed E-state index contributed by atoms with van der Waals surface area (Å²) in [4.78, 5) is 18.3. The van der Waals surface area contributed by atoms with E-state index in [2.05, 4.69) is 20.0 Å². The number of imidazole rings is 1. The summed E-state index contributed by atoms with van der Waals surface area (Å²) in [6.45, 7) is 3.94. The fourth-order valence-electron chi connectivity index (χ4n) is 3.10. The number of aryl methyl sites for hydroxylation is 1. The van der Waals surface area contributed by atoms with Crippen LogP contribution in [0.25, 0.3) is 0 Å². The molecule has 0 radical (unpaired) electrons. The van der Waals surface area contributed by atoms with Crippen molar-refractivity contribution in [1.29, 1.82) is 0 Å². The molecule has 1 atom stereocenters. The van der Waals surface area contributed by atoms with Crippen LogP contribution in [0.5, 0.6) is 0 Å². The topological polar surface area (TPSA) is 68.0 Å². The van der Waals surface area contributed by atoms with Gasteiger partial charge in [-0.1, -0.05) is 11.6 Å². The third kappa shape index (κ3) is 4.74. The van der Waals surface area contributed by atoms with Gasteiger partial charge in [-0.2, -0.15) is 5.10 Å². The molecule has 24 heavy (non-hydrogen) atoms. The lowest BCUT2D eigenvalue weighted by molar-refractivity contribution is 0.159. The third-order valence-corrected chi connectivity index (χ3v) is 4.47. The molecule has 0 unspecified atom stereocenters. The lowest BCUT2D eigenvalue weighted by Crippen LogP contribution is -2.46. The van der Waals surface area contributed by atoms with Crippen LogP contribution >= 0.6 is 11.6 Å². The van der Waals surface area contributed by atoms with Crippen LogP contribution in [0.15, 0.2) is 31.1 Å². The van der Waals surface area contributed by atoms with E-state index in [1.165, 1.54) is 0 Å². The number of nitrogens with zero attached hydrogens (tertiary/aromatic N) is 5. The van der Waals surface area contributed by atoms with Crippen molar-refractivity contribution >= 4 is 17.6 Å². The minimum Gasteiger partial charge on any atom is -0.338 e. The zero-order chi connectivity index (χ0) is 16.8. The Bertz CT molecular complexity index is 641. The summed E-state index contributed by atoms with van der Waals surface area (Å²) < 4.78 is 3.87. The van der Waals surface area contributed by atoms with E-state index in [0.717, 1.165) is 45.4 Å². The van der Waals surface area contributed by atoms with Gasteiger partial charge in [0.25, 0.3) is 0 Å². The van der Waals surface area contributed by atoms with Gasteiger partial charge in [0.2, 0.25) is 0 Å². The molecule has 0 spiro atoms. The summed E-state index contributed by atoms with van der Waals surface area (Å²) in [6.07, 6.45) is 12.0. The number of carbonyl (C=O) groups excluding carboxylic acids is 1. The fraction of sp³-hybridized carbons (Fsp3) is 0.562. The first kappa shape index (κ1) is 16.8. The highest BCUT2D eigenvalue weighted by atomic mass is 35.5. The SMILES string of the molecule is O=C(NCCCn1cc(Cl)cn1)N1CCC[C@H](Cn2ccnc2)C1. The maximum atomic E-state index is 12.3. The maximum absolute atomic E-state index is 12.3. The molecule has 3 heterocycles. The Labute approximate surface area is 146 Å². The molecule has 1 N–H and O–H groups in total. The van der Waals surface area contributed by atoms with E-state index < -0.39 is 0 Å². The number of rotatable bonds is 6. The third-order valence-electron chi connectivity index (χ3n) is 4.28. The van der Waals surface area contributed by atoms with Gasteiger partial charge in [-0.05, 0) is 25.2 Å². The molecule has 2 aromatic rings. The van der Waals surface area contributed by atoms with Crippen molar-refractivity contribution in [3.63, 3.8) is 0 Å². The zero-order valence-electron chi connectivity index (χ0n) is 13.6. The van der Waals surface area contributed by atoms with Crippen LogP contribution in [0.4, 0.5) is 4.79 Å². The lowest BCUT2D eigenvalue weighted by atomic mass is 9.98. The summed E-state index contributed by atoms with van der Waals surface area (Å²) in [7, 11) is 0. The van der Waals surface area contributed by atoms with Gasteiger partial charge in [0.05, 0.1) is 17.5 Å². The van der Waals surface area contributed by atoms with E-state index in [0.29, 0.717) is 17.5 Å². The van der Waals surface area contributed by atoms with Gasteiger partial charge < -0.3 is 14.8 Å². The van der Waals surface area contributed by atoms with E-state index in [4.69, 9.17) is 11.6 Å². The second-order valence-corrected chi connectivity index (χ2v) is 6.66. The number of piperidine rings is 1. The van der Waals surface area contributed by atoms with Gasteiger partial charge in [0.1, 0.15) is 0 Å². The molecule has 8 heteroatoms. The van der Waals surface area contributed by atoms with Crippen LogP contribution in [-0.2, 0) is 13.1 Å². The number of aromatic nitrogens is 4. The van der Waals surface area contributed by atoms with Gasteiger partial charge >= 0.3 is 6.03 Å². The van der Waals surface area contributed by atoms with Crippen molar-refractivity contribution in [2.45, 2.75) is 32.4 Å². The number of hydrogen-bond donors (Lipinski definition) is 1. The van der Waals surface area contributed by atoms with E-state index in [1.807, 2.05) is 17.4 Å². The smallest absolute Gasteiger partial charge is 0.317 e. The number of carbonyl (C=O) groups is 1. The van der Waals surface area contributed by atoms with E-state index >= 15 is 0 Å². The Morgan fingerprint density at radius 1 is 1.46 bits per heavy atom. The Balaban J connectivity index is 1.38. The van der Waals surface area contributed by atoms with Crippen LogP contribution in [0, 0.1) is 5.92 Å². The quantitative estimate of drug-likeness (QED) is 0.812. The number of nitrogens with one attached hydrogen (secondary N) is 1. The van der Waals surface area contributed by atoms with Crippen molar-refractivity contribution < 1.29 is 4.79 Å². The molecule has 130 valence electrons. The molecule has 2 aromatic heterocycles. The van der Waals surface area contributed by atoms with Crippen molar-refractivity contribution in [1.82, 2.24) is 29.5 Å². The summed E-state index contributed by atoms with van der Waals surface area (Å²) in [5.41, 5.74) is 0. The molecule has 0 aliphatic carbocycles. The molecule has 3 rings (SSSR count). The van der Waals surface area contributed by atoms with Crippen molar-refractivity contribution in [3.8, 4) is 0 Å². The standard InChI is InChI=1S/C16H23ClN6O/c17-15-9-20-23(12-15)7-2-4-19-16(24)22-6-1-3-14(11-22)10-21-8-5-18-13-21/h5,8-9,12-14H,1-4,6-7,10-11H2,(H,19,24)/t14-/m1/s1. The Hall–Kier alpha value is -2.02. The predicted octanol–water partition coefficient (Wildman–Crippen LogP) is 2.24. The van der Waals surface area contributed by atoms with Gasteiger partial charge in [-0.3, -0.25) is 4.68 Å². The van der Waals surface area contributed by atoms with Gasteiger partial charge in [0.15, 0.2) is 0 Å². The number of urea groups is 1. The fourth-order valence-corrected chi connectivity index (χ4v) is 3.26. The van der Waals surface area contributed by atoms with Gasteiger partial charge in [-0.15, -0.1) is 0 Å². The molecule has 1 aliphatic heterocycles. The zero-order valence-corrected chi connectivity index (χ0v) is 14.4. The van der Waals surface area contributed by atoms with Crippen molar-refractivity contribution in [2.24, 2.45) is 5.92 Å². The summed E-state index contributed by atoms with van der Waals surface area (Å²) >= 11 is 5.82. The predicted molar refractivity (Wildman–Crippen MR) is 91.8 cm³/mol. The molecule has 7 nitrogen and oxygen atoms in total. The molecular formula is C16H23ClN6O. The number of hydrogen-bond acceptors (Lipinski definition) is 3. The molecule has 1 fully saturated rings. The maximum Gasteiger partial charge on any atom is 0.317 e. The normalized spacial score (nSPS) is 17.9. The lowest BCUT2D eigenvalue weighted by Gasteiger charge is -2.33. The summed E-state index contributed by atoms with van der Waals surface area (Å²) in [5, 5.41) is 7.76. The monoisotopic (exact) mass is 350 g/mol. The molecule has 0 aromatic carbocycles. The average Bonchev–Trinajstić information content (AvgIpc) is 3.23. The van der Waals surface area contributed by atoms with Crippen LogP contribution in [0.1, 0.15) is 19.3 Å². The molecule has 0 saturated carbocycles. The number of likely N-dealkylation sites (tertiary alicyclic amines) is 1. The first-order chi connectivity index (χ1) is 11.7. The Morgan fingerprint density at radius 3 is 3.12 bits per heavy atom. The van der Waals surface area contributed by atoms with Crippen LogP contribution in [-0.4, -0.2) is 49.9 Å². The van der Waals surface area contributed by atoms with Crippen LogP contribution < -0.4 is 5.32 Å². The van der Waals surface area contributed by atoms with Crippen molar-refractivity contribution in [3.05, 3.63) is 36.1 Å². The minimum atomic E-state index is 0.0313. The molecule has 1 saturated heterocycles.